The number of nitrogens with one attached hydrogen (secondary N) is 1. The molecule has 2 saturated heterocycles. The van der Waals surface area contributed by atoms with Crippen LogP contribution in [0.25, 0.3) is 11.3 Å². The van der Waals surface area contributed by atoms with Crippen LogP contribution in [0.3, 0.4) is 0 Å². The van der Waals surface area contributed by atoms with Crippen LogP contribution in [0.5, 0.6) is 0 Å². The zero-order valence-electron chi connectivity index (χ0n) is 40.6. The number of amides is 1. The van der Waals surface area contributed by atoms with E-state index in [1.54, 1.807) is 13.0 Å². The third-order valence-corrected chi connectivity index (χ3v) is 17.0. The van der Waals surface area contributed by atoms with E-state index in [-0.39, 0.29) is 61.5 Å². The molecule has 20 heteroatoms. The van der Waals surface area contributed by atoms with Gasteiger partial charge in [0.05, 0.1) is 50.4 Å². The number of alkyl carbamates (subject to hydrolysis) is 1. The van der Waals surface area contributed by atoms with Crippen LogP contribution in [-0.4, -0.2) is 97.3 Å². The zero-order valence-corrected chi connectivity index (χ0v) is 45.2. The molecule has 4 fully saturated rings. The number of aromatic nitrogens is 4. The molecular formula is C51H74BBrCl4N8O6. The number of nitrogens with two attached hydrogens (primary N) is 1. The van der Waals surface area contributed by atoms with Crippen LogP contribution in [-0.2, 0) is 18.0 Å². The van der Waals surface area contributed by atoms with Gasteiger partial charge in [-0.1, -0.05) is 98.4 Å². The number of rotatable bonds is 7. The van der Waals surface area contributed by atoms with Gasteiger partial charge in [0, 0.05) is 49.3 Å². The Labute approximate surface area is 450 Å². The van der Waals surface area contributed by atoms with E-state index >= 15 is 0 Å². The predicted molar refractivity (Wildman–Crippen MR) is 294 cm³/mol. The number of nitrogens with zero attached hydrogens (tertiary/aromatic N) is 6. The van der Waals surface area contributed by atoms with E-state index in [0.717, 1.165) is 117 Å². The van der Waals surface area contributed by atoms with Crippen LogP contribution in [0.4, 0.5) is 16.4 Å². The van der Waals surface area contributed by atoms with E-state index < -0.39 is 12.7 Å². The molecule has 0 unspecified atom stereocenters. The van der Waals surface area contributed by atoms with Gasteiger partial charge in [0.2, 0.25) is 0 Å². The summed E-state index contributed by atoms with van der Waals surface area (Å²) in [4.78, 5) is 35.4. The average molecular weight is 1130 g/mol. The standard InChI is InChI=1S/C22H28Cl2N4O.C20H31BrN4O3.C7H7BCl2O2.2CH4/c1-13-5-6-15(19(24)18(13)23)20-14(2)26-21(16(12-29)27-20)28-10-8-22(9-11-28)7-3-4-17(22)25;1-13-16(21)23-14(12-26)17(22-13)25-10-8-20(9-11-25)7-5-6-15(20)24-18(27)28-19(2,3)4;1-4-2-3-5(8(11)12)7(10)6(4)9;;/h5-6,17,29H,3-4,7-12,25H2,1-2H3;15,26H,5-12H2,1-4H3,(H,24,27);2-3,11-12H,1H3;2*1H4/t17-;15-;;;/m11.../s1. The van der Waals surface area contributed by atoms with Gasteiger partial charge in [-0.15, -0.1) is 0 Å². The molecule has 0 bridgehead atoms. The van der Waals surface area contributed by atoms with Gasteiger partial charge in [0.1, 0.15) is 21.6 Å². The molecule has 392 valence electrons. The van der Waals surface area contributed by atoms with Crippen molar-refractivity contribution in [3.63, 3.8) is 0 Å². The number of aryl methyl sites for hydroxylation is 4. The monoisotopic (exact) mass is 1120 g/mol. The summed E-state index contributed by atoms with van der Waals surface area (Å²) in [6.45, 7) is 16.4. The fraction of sp³-hybridized carbons (Fsp3) is 0.588. The largest absolute Gasteiger partial charge is 0.490 e. The molecule has 0 radical (unpaired) electrons. The van der Waals surface area contributed by atoms with Crippen molar-refractivity contribution in [3.8, 4) is 11.3 Å². The molecule has 2 aliphatic heterocycles. The lowest BCUT2D eigenvalue weighted by Gasteiger charge is -2.44. The first-order chi connectivity index (χ1) is 32.5. The van der Waals surface area contributed by atoms with Crippen molar-refractivity contribution in [1.82, 2.24) is 25.3 Å². The van der Waals surface area contributed by atoms with Gasteiger partial charge in [-0.05, 0) is 138 Å². The summed E-state index contributed by atoms with van der Waals surface area (Å²) < 4.78 is 6.14. The van der Waals surface area contributed by atoms with Gasteiger partial charge in [-0.25, -0.2) is 24.7 Å². The van der Waals surface area contributed by atoms with Gasteiger partial charge in [0.15, 0.2) is 11.6 Å². The summed E-state index contributed by atoms with van der Waals surface area (Å²) in [7, 11) is -1.57. The lowest BCUT2D eigenvalue weighted by atomic mass is 9.74. The Morgan fingerprint density at radius 2 is 1.24 bits per heavy atom. The number of halogens is 5. The maximum atomic E-state index is 12.3. The van der Waals surface area contributed by atoms with E-state index in [9.17, 15) is 15.0 Å². The van der Waals surface area contributed by atoms with Gasteiger partial charge >= 0.3 is 13.2 Å². The fourth-order valence-electron chi connectivity index (χ4n) is 10.3. The van der Waals surface area contributed by atoms with E-state index in [2.05, 4.69) is 41.0 Å². The number of hydrogen-bond acceptors (Lipinski definition) is 13. The molecule has 14 nitrogen and oxygen atoms in total. The van der Waals surface area contributed by atoms with Crippen LogP contribution >= 0.6 is 62.3 Å². The highest BCUT2D eigenvalue weighted by Crippen LogP contribution is 2.48. The summed E-state index contributed by atoms with van der Waals surface area (Å²) in [5, 5.41) is 42.1. The summed E-state index contributed by atoms with van der Waals surface area (Å²) >= 11 is 27.7. The van der Waals surface area contributed by atoms with Crippen molar-refractivity contribution in [1.29, 1.82) is 0 Å². The third kappa shape index (κ3) is 14.0. The molecule has 71 heavy (non-hydrogen) atoms. The number of aliphatic hydroxyl groups excluding tert-OH is 2. The SMILES string of the molecule is C.C.Cc1ccc(-c2nc(CO)c(N3CCC4(CCC[C@H]4N)CC3)nc2C)c(Cl)c1Cl.Cc1ccc(B(O)O)c(Cl)c1Cl.Cc1nc(N2CCC3(CCC[C@H]3NC(=O)OC(C)(C)C)CC2)c(CO)nc1Br. The number of ether oxygens (including phenoxy) is 1. The Kier molecular flexibility index (Phi) is 21.7. The van der Waals surface area contributed by atoms with Crippen molar-refractivity contribution in [2.24, 2.45) is 16.6 Å². The van der Waals surface area contributed by atoms with Crippen molar-refractivity contribution in [3.05, 3.63) is 82.9 Å². The molecule has 2 aromatic carbocycles. The second-order valence-electron chi connectivity index (χ2n) is 19.9. The third-order valence-electron chi connectivity index (χ3n) is 14.3. The minimum Gasteiger partial charge on any atom is -0.444 e. The second kappa shape index (κ2) is 25.5. The van der Waals surface area contributed by atoms with Crippen molar-refractivity contribution >= 4 is 92.6 Å². The van der Waals surface area contributed by atoms with Crippen LogP contribution < -0.4 is 26.3 Å². The van der Waals surface area contributed by atoms with E-state index in [0.29, 0.717) is 42.8 Å². The Hall–Kier alpha value is -3.03. The quantitative estimate of drug-likeness (QED) is 0.0955. The fourth-order valence-corrected chi connectivity index (χ4v) is 11.5. The summed E-state index contributed by atoms with van der Waals surface area (Å²) in [6, 6.07) is 7.52. The normalized spacial score (nSPS) is 18.9. The van der Waals surface area contributed by atoms with Crippen LogP contribution in [0, 0.1) is 38.5 Å². The number of benzene rings is 2. The molecule has 4 heterocycles. The molecule has 4 aliphatic rings. The molecule has 4 aromatic rings. The topological polar surface area (TPSA) is 203 Å². The molecular weight excluding hydrogens is 1050 g/mol. The minimum absolute atomic E-state index is 0. The van der Waals surface area contributed by atoms with Crippen molar-refractivity contribution in [2.45, 2.75) is 158 Å². The Bertz CT molecular complexity index is 2470. The first kappa shape index (κ1) is 60.5. The Morgan fingerprint density at radius 3 is 1.76 bits per heavy atom. The van der Waals surface area contributed by atoms with Crippen molar-refractivity contribution in [2.75, 3.05) is 36.0 Å². The Balaban J connectivity index is 0.000000246. The molecule has 2 aromatic heterocycles. The van der Waals surface area contributed by atoms with Crippen LogP contribution in [0.15, 0.2) is 28.9 Å². The van der Waals surface area contributed by atoms with Gasteiger partial charge in [-0.3, -0.25) is 0 Å². The predicted octanol–water partition coefficient (Wildman–Crippen LogP) is 10.6. The first-order valence-corrected chi connectivity index (χ1v) is 26.0. The highest BCUT2D eigenvalue weighted by molar-refractivity contribution is 9.10. The van der Waals surface area contributed by atoms with E-state index in [1.807, 2.05) is 53.7 Å². The zero-order chi connectivity index (χ0) is 50.6. The highest BCUT2D eigenvalue weighted by atomic mass is 79.9. The number of piperidine rings is 2. The van der Waals surface area contributed by atoms with Crippen LogP contribution in [0.2, 0.25) is 20.1 Å². The summed E-state index contributed by atoms with van der Waals surface area (Å²) in [6.07, 6.45) is 10.6. The molecule has 7 N–H and O–H groups in total. The highest BCUT2D eigenvalue weighted by Gasteiger charge is 2.47. The van der Waals surface area contributed by atoms with E-state index in [1.165, 1.54) is 18.9 Å². The second-order valence-corrected chi connectivity index (χ2v) is 22.2. The Morgan fingerprint density at radius 1 is 0.746 bits per heavy atom. The maximum Gasteiger partial charge on any atom is 0.490 e. The first-order valence-electron chi connectivity index (χ1n) is 23.7. The number of carbonyl (C=O) groups excluding carboxylic acids is 1. The average Bonchev–Trinajstić information content (AvgIpc) is 3.86. The van der Waals surface area contributed by atoms with Gasteiger partial charge < -0.3 is 45.8 Å². The molecule has 8 rings (SSSR count). The number of anilines is 2. The lowest BCUT2D eigenvalue weighted by Crippen LogP contribution is -2.51. The number of hydrogen-bond donors (Lipinski definition) is 6. The number of aliphatic hydroxyl groups is 2. The minimum atomic E-state index is -1.57. The number of carbonyl (C=O) groups is 1. The van der Waals surface area contributed by atoms with Crippen molar-refractivity contribution < 1.29 is 29.8 Å². The summed E-state index contributed by atoms with van der Waals surface area (Å²) in [5.74, 6) is 1.54. The molecule has 1 amide bonds. The van der Waals surface area contributed by atoms with Crippen LogP contribution in [0.1, 0.15) is 134 Å². The molecule has 2 atom stereocenters. The maximum absolute atomic E-state index is 12.3. The molecule has 2 aliphatic carbocycles. The van der Waals surface area contributed by atoms with Gasteiger partial charge in [-0.2, -0.15) is 0 Å². The smallest absolute Gasteiger partial charge is 0.444 e. The lowest BCUT2D eigenvalue weighted by molar-refractivity contribution is 0.0442. The molecule has 2 spiro atoms. The molecule has 2 saturated carbocycles. The van der Waals surface area contributed by atoms with Gasteiger partial charge in [0.25, 0.3) is 0 Å². The summed E-state index contributed by atoms with van der Waals surface area (Å²) in [5.41, 5.74) is 12.5. The van der Waals surface area contributed by atoms with E-state index in [4.69, 9.17) is 76.9 Å².